The second kappa shape index (κ2) is 5.47. The van der Waals surface area contributed by atoms with Crippen LogP contribution in [-0.2, 0) is 6.54 Å². The smallest absolute Gasteiger partial charge is 0.253 e. The van der Waals surface area contributed by atoms with Crippen LogP contribution in [0.3, 0.4) is 0 Å². The molecule has 1 heterocycles. The van der Waals surface area contributed by atoms with Gasteiger partial charge in [-0.05, 0) is 34.4 Å². The zero-order valence-electron chi connectivity index (χ0n) is 11.2. The first-order valence-electron chi connectivity index (χ1n) is 6.51. The van der Waals surface area contributed by atoms with Crippen LogP contribution in [0.5, 0.6) is 0 Å². The monoisotopic (exact) mass is 281 g/mol. The summed E-state index contributed by atoms with van der Waals surface area (Å²) in [5.74, 6) is 0.0594. The van der Waals surface area contributed by atoms with E-state index in [1.807, 2.05) is 54.9 Å². The summed E-state index contributed by atoms with van der Waals surface area (Å²) in [5.41, 5.74) is 0.739. The molecule has 0 spiro atoms. The minimum absolute atomic E-state index is 0.0594. The van der Waals surface area contributed by atoms with Crippen molar-refractivity contribution in [2.24, 2.45) is 0 Å². The highest BCUT2D eigenvalue weighted by molar-refractivity contribution is 7.09. The molecule has 2 nitrogen and oxygen atoms in total. The lowest BCUT2D eigenvalue weighted by molar-refractivity contribution is 0.0786. The van der Waals surface area contributed by atoms with Crippen molar-refractivity contribution in [1.29, 1.82) is 0 Å². The van der Waals surface area contributed by atoms with Crippen molar-refractivity contribution >= 4 is 28.0 Å². The molecule has 3 heteroatoms. The SMILES string of the molecule is CN(Cc1cccs1)C(=O)c1ccc2ccccc2c1. The van der Waals surface area contributed by atoms with Crippen LogP contribution in [-0.4, -0.2) is 17.9 Å². The minimum Gasteiger partial charge on any atom is -0.337 e. The minimum atomic E-state index is 0.0594. The lowest BCUT2D eigenvalue weighted by Crippen LogP contribution is -2.25. The second-order valence-electron chi connectivity index (χ2n) is 4.80. The van der Waals surface area contributed by atoms with Gasteiger partial charge in [-0.25, -0.2) is 0 Å². The van der Waals surface area contributed by atoms with Gasteiger partial charge in [0.25, 0.3) is 5.91 Å². The molecular weight excluding hydrogens is 266 g/mol. The van der Waals surface area contributed by atoms with E-state index in [0.717, 1.165) is 16.3 Å². The molecule has 1 aromatic heterocycles. The first kappa shape index (κ1) is 12.9. The van der Waals surface area contributed by atoms with E-state index in [0.29, 0.717) is 6.54 Å². The van der Waals surface area contributed by atoms with Gasteiger partial charge in [0, 0.05) is 17.5 Å². The average molecular weight is 281 g/mol. The maximum absolute atomic E-state index is 12.4. The van der Waals surface area contributed by atoms with Gasteiger partial charge in [-0.15, -0.1) is 11.3 Å². The summed E-state index contributed by atoms with van der Waals surface area (Å²) >= 11 is 1.67. The fraction of sp³-hybridized carbons (Fsp3) is 0.118. The zero-order chi connectivity index (χ0) is 13.9. The van der Waals surface area contributed by atoms with Gasteiger partial charge in [-0.2, -0.15) is 0 Å². The van der Waals surface area contributed by atoms with Crippen molar-refractivity contribution in [3.8, 4) is 0 Å². The highest BCUT2D eigenvalue weighted by Gasteiger charge is 2.12. The third kappa shape index (κ3) is 2.58. The predicted molar refractivity (Wildman–Crippen MR) is 84.1 cm³/mol. The van der Waals surface area contributed by atoms with Crippen LogP contribution in [0.4, 0.5) is 0 Å². The summed E-state index contributed by atoms with van der Waals surface area (Å²) in [6.07, 6.45) is 0. The molecule has 0 aliphatic carbocycles. The molecule has 100 valence electrons. The lowest BCUT2D eigenvalue weighted by atomic mass is 10.1. The van der Waals surface area contributed by atoms with E-state index < -0.39 is 0 Å². The fourth-order valence-corrected chi connectivity index (χ4v) is 3.01. The Hall–Kier alpha value is -2.13. The van der Waals surface area contributed by atoms with Gasteiger partial charge in [-0.1, -0.05) is 36.4 Å². The number of benzene rings is 2. The Kier molecular flexibility index (Phi) is 3.52. The van der Waals surface area contributed by atoms with Gasteiger partial charge in [0.05, 0.1) is 6.54 Å². The normalized spacial score (nSPS) is 10.7. The lowest BCUT2D eigenvalue weighted by Gasteiger charge is -2.16. The van der Waals surface area contributed by atoms with E-state index in [-0.39, 0.29) is 5.91 Å². The van der Waals surface area contributed by atoms with Crippen LogP contribution in [0.25, 0.3) is 10.8 Å². The second-order valence-corrected chi connectivity index (χ2v) is 5.83. The van der Waals surface area contributed by atoms with Crippen LogP contribution < -0.4 is 0 Å². The Balaban J connectivity index is 1.84. The molecule has 1 amide bonds. The molecule has 0 atom stereocenters. The third-order valence-corrected chi connectivity index (χ3v) is 4.18. The van der Waals surface area contributed by atoms with Gasteiger partial charge in [0.1, 0.15) is 0 Å². The summed E-state index contributed by atoms with van der Waals surface area (Å²) in [6.45, 7) is 0.656. The number of nitrogens with zero attached hydrogens (tertiary/aromatic N) is 1. The van der Waals surface area contributed by atoms with E-state index in [1.165, 1.54) is 4.88 Å². The van der Waals surface area contributed by atoms with Gasteiger partial charge in [0.15, 0.2) is 0 Å². The molecule has 0 saturated heterocycles. The van der Waals surface area contributed by atoms with Crippen molar-refractivity contribution in [2.75, 3.05) is 7.05 Å². The van der Waals surface area contributed by atoms with Crippen LogP contribution in [0.1, 0.15) is 15.2 Å². The standard InChI is InChI=1S/C17H15NOS/c1-18(12-16-7-4-10-20-16)17(19)15-9-8-13-5-2-3-6-14(13)11-15/h2-11H,12H2,1H3. The van der Waals surface area contributed by atoms with E-state index >= 15 is 0 Å². The van der Waals surface area contributed by atoms with E-state index in [9.17, 15) is 4.79 Å². The molecule has 0 unspecified atom stereocenters. The van der Waals surface area contributed by atoms with Gasteiger partial charge >= 0.3 is 0 Å². The number of carbonyl (C=O) groups is 1. The zero-order valence-corrected chi connectivity index (χ0v) is 12.1. The number of carbonyl (C=O) groups excluding carboxylic acids is 1. The maximum atomic E-state index is 12.4. The van der Waals surface area contributed by atoms with Gasteiger partial charge in [0.2, 0.25) is 0 Å². The quantitative estimate of drug-likeness (QED) is 0.705. The van der Waals surface area contributed by atoms with Gasteiger partial charge in [-0.3, -0.25) is 4.79 Å². The summed E-state index contributed by atoms with van der Waals surface area (Å²) in [4.78, 5) is 15.4. The molecule has 20 heavy (non-hydrogen) atoms. The molecule has 0 fully saturated rings. The number of fused-ring (bicyclic) bond motifs is 1. The number of amides is 1. The third-order valence-electron chi connectivity index (χ3n) is 3.32. The Morgan fingerprint density at radius 2 is 1.85 bits per heavy atom. The first-order chi connectivity index (χ1) is 9.74. The maximum Gasteiger partial charge on any atom is 0.253 e. The molecule has 0 radical (unpaired) electrons. The molecule has 0 N–H and O–H groups in total. The topological polar surface area (TPSA) is 20.3 Å². The number of rotatable bonds is 3. The van der Waals surface area contributed by atoms with Crippen molar-refractivity contribution < 1.29 is 4.79 Å². The first-order valence-corrected chi connectivity index (χ1v) is 7.38. The number of thiophene rings is 1. The largest absolute Gasteiger partial charge is 0.337 e. The number of hydrogen-bond donors (Lipinski definition) is 0. The van der Waals surface area contributed by atoms with Crippen molar-refractivity contribution in [3.63, 3.8) is 0 Å². The van der Waals surface area contributed by atoms with Crippen molar-refractivity contribution in [3.05, 3.63) is 70.4 Å². The van der Waals surface area contributed by atoms with Crippen molar-refractivity contribution in [1.82, 2.24) is 4.90 Å². The Morgan fingerprint density at radius 3 is 2.60 bits per heavy atom. The number of hydrogen-bond acceptors (Lipinski definition) is 2. The summed E-state index contributed by atoms with van der Waals surface area (Å²) in [6, 6.07) is 18.0. The Morgan fingerprint density at radius 1 is 1.05 bits per heavy atom. The fourth-order valence-electron chi connectivity index (χ4n) is 2.25. The molecule has 3 rings (SSSR count). The van der Waals surface area contributed by atoms with Crippen LogP contribution in [0.15, 0.2) is 60.0 Å². The summed E-state index contributed by atoms with van der Waals surface area (Å²) in [7, 11) is 1.84. The van der Waals surface area contributed by atoms with Crippen LogP contribution >= 0.6 is 11.3 Å². The Bertz CT molecular complexity index is 734. The molecule has 0 saturated carbocycles. The Labute approximate surface area is 122 Å². The highest BCUT2D eigenvalue weighted by atomic mass is 32.1. The summed E-state index contributed by atoms with van der Waals surface area (Å²) in [5, 5.41) is 4.29. The molecule has 0 aliphatic rings. The van der Waals surface area contributed by atoms with E-state index in [1.54, 1.807) is 16.2 Å². The van der Waals surface area contributed by atoms with Gasteiger partial charge < -0.3 is 4.90 Å². The molecule has 0 aliphatic heterocycles. The van der Waals surface area contributed by atoms with Crippen LogP contribution in [0, 0.1) is 0 Å². The molecule has 3 aromatic rings. The van der Waals surface area contributed by atoms with Crippen molar-refractivity contribution in [2.45, 2.75) is 6.54 Å². The highest BCUT2D eigenvalue weighted by Crippen LogP contribution is 2.18. The molecule has 0 bridgehead atoms. The molecular formula is C17H15NOS. The van der Waals surface area contributed by atoms with E-state index in [4.69, 9.17) is 0 Å². The summed E-state index contributed by atoms with van der Waals surface area (Å²) < 4.78 is 0. The predicted octanol–water partition coefficient (Wildman–Crippen LogP) is 4.17. The van der Waals surface area contributed by atoms with E-state index in [2.05, 4.69) is 12.1 Å². The van der Waals surface area contributed by atoms with Crippen LogP contribution in [0.2, 0.25) is 0 Å². The molecule has 2 aromatic carbocycles. The average Bonchev–Trinajstić information content (AvgIpc) is 2.99.